The van der Waals surface area contributed by atoms with E-state index >= 15 is 0 Å². The summed E-state index contributed by atoms with van der Waals surface area (Å²) in [6, 6.07) is 8.38. The van der Waals surface area contributed by atoms with E-state index in [0.717, 1.165) is 36.9 Å². The molecule has 0 bridgehead atoms. The van der Waals surface area contributed by atoms with Crippen molar-refractivity contribution in [3.8, 4) is 0 Å². The third-order valence-corrected chi connectivity index (χ3v) is 4.02. The van der Waals surface area contributed by atoms with Gasteiger partial charge in [-0.25, -0.2) is 0 Å². The first-order chi connectivity index (χ1) is 8.11. The van der Waals surface area contributed by atoms with Gasteiger partial charge in [0.05, 0.1) is 6.10 Å². The van der Waals surface area contributed by atoms with Crippen LogP contribution in [-0.2, 0) is 0 Å². The molecule has 1 fully saturated rings. The highest BCUT2D eigenvalue weighted by atomic mass is 16.3. The van der Waals surface area contributed by atoms with Crippen molar-refractivity contribution in [2.75, 3.05) is 18.0 Å². The number of hydrogen-bond acceptors (Lipinski definition) is 2. The standard InChI is InChI=1S/C15H23NO/c1-4-15(17)13-5-7-14(8-6-13)16-9-11(2)12(3)10-16/h5-8,11-12,15,17H,4,9-10H2,1-3H3. The molecule has 1 aromatic rings. The van der Waals surface area contributed by atoms with E-state index in [1.807, 2.05) is 6.92 Å². The van der Waals surface area contributed by atoms with Crippen LogP contribution < -0.4 is 4.90 Å². The first kappa shape index (κ1) is 12.4. The van der Waals surface area contributed by atoms with E-state index in [4.69, 9.17) is 0 Å². The van der Waals surface area contributed by atoms with Crippen molar-refractivity contribution in [1.29, 1.82) is 0 Å². The summed E-state index contributed by atoms with van der Waals surface area (Å²) >= 11 is 0. The molecule has 0 radical (unpaired) electrons. The van der Waals surface area contributed by atoms with Crippen molar-refractivity contribution in [3.63, 3.8) is 0 Å². The lowest BCUT2D eigenvalue weighted by atomic mass is 10.0. The molecule has 0 saturated carbocycles. The van der Waals surface area contributed by atoms with Gasteiger partial charge in [-0.15, -0.1) is 0 Å². The summed E-state index contributed by atoms with van der Waals surface area (Å²) in [6.07, 6.45) is 0.456. The Morgan fingerprint density at radius 3 is 2.18 bits per heavy atom. The van der Waals surface area contributed by atoms with Gasteiger partial charge in [-0.1, -0.05) is 32.9 Å². The average molecular weight is 233 g/mol. The number of nitrogens with zero attached hydrogens (tertiary/aromatic N) is 1. The molecule has 0 aromatic heterocycles. The molecule has 1 N–H and O–H groups in total. The molecule has 94 valence electrons. The summed E-state index contributed by atoms with van der Waals surface area (Å²) in [6.45, 7) is 8.94. The maximum atomic E-state index is 9.76. The van der Waals surface area contributed by atoms with E-state index in [1.165, 1.54) is 5.69 Å². The lowest BCUT2D eigenvalue weighted by Crippen LogP contribution is -2.19. The maximum absolute atomic E-state index is 9.76. The molecule has 3 unspecified atom stereocenters. The van der Waals surface area contributed by atoms with Gasteiger partial charge < -0.3 is 10.0 Å². The minimum Gasteiger partial charge on any atom is -0.388 e. The molecule has 0 aliphatic carbocycles. The smallest absolute Gasteiger partial charge is 0.0787 e. The van der Waals surface area contributed by atoms with Crippen LogP contribution in [0.15, 0.2) is 24.3 Å². The molecule has 2 heteroatoms. The van der Waals surface area contributed by atoms with Crippen LogP contribution in [0.4, 0.5) is 5.69 Å². The lowest BCUT2D eigenvalue weighted by molar-refractivity contribution is 0.173. The fourth-order valence-corrected chi connectivity index (χ4v) is 2.48. The van der Waals surface area contributed by atoms with Gasteiger partial charge in [0.25, 0.3) is 0 Å². The number of benzene rings is 1. The summed E-state index contributed by atoms with van der Waals surface area (Å²) in [5.74, 6) is 1.55. The van der Waals surface area contributed by atoms with Crippen LogP contribution >= 0.6 is 0 Å². The molecule has 1 aliphatic heterocycles. The van der Waals surface area contributed by atoms with Crippen molar-refractivity contribution < 1.29 is 5.11 Å². The van der Waals surface area contributed by atoms with Crippen LogP contribution in [-0.4, -0.2) is 18.2 Å². The normalized spacial score (nSPS) is 26.2. The third-order valence-electron chi connectivity index (χ3n) is 4.02. The summed E-state index contributed by atoms with van der Waals surface area (Å²) in [5, 5.41) is 9.76. The van der Waals surface area contributed by atoms with Gasteiger partial charge in [0.15, 0.2) is 0 Å². The predicted octanol–water partition coefficient (Wildman–Crippen LogP) is 3.22. The van der Waals surface area contributed by atoms with E-state index < -0.39 is 0 Å². The molecule has 2 nitrogen and oxygen atoms in total. The largest absolute Gasteiger partial charge is 0.388 e. The highest BCUT2D eigenvalue weighted by Crippen LogP contribution is 2.28. The highest BCUT2D eigenvalue weighted by molar-refractivity contribution is 5.49. The van der Waals surface area contributed by atoms with Crippen LogP contribution in [0.3, 0.4) is 0 Å². The minimum absolute atomic E-state index is 0.319. The van der Waals surface area contributed by atoms with Crippen LogP contribution in [0, 0.1) is 11.8 Å². The van der Waals surface area contributed by atoms with E-state index in [0.29, 0.717) is 0 Å². The molecule has 1 heterocycles. The van der Waals surface area contributed by atoms with Gasteiger partial charge in [-0.2, -0.15) is 0 Å². The second kappa shape index (κ2) is 5.09. The second-order valence-corrected chi connectivity index (χ2v) is 5.38. The monoisotopic (exact) mass is 233 g/mol. The Morgan fingerprint density at radius 1 is 1.18 bits per heavy atom. The summed E-state index contributed by atoms with van der Waals surface area (Å²) in [5.41, 5.74) is 2.31. The highest BCUT2D eigenvalue weighted by Gasteiger charge is 2.25. The average Bonchev–Trinajstić information content (AvgIpc) is 2.69. The van der Waals surface area contributed by atoms with Crippen LogP contribution in [0.5, 0.6) is 0 Å². The number of rotatable bonds is 3. The zero-order valence-electron chi connectivity index (χ0n) is 11.1. The first-order valence-corrected chi connectivity index (χ1v) is 6.64. The number of hydrogen-bond donors (Lipinski definition) is 1. The van der Waals surface area contributed by atoms with Gasteiger partial charge >= 0.3 is 0 Å². The molecular weight excluding hydrogens is 210 g/mol. The Balaban J connectivity index is 2.08. The summed E-state index contributed by atoms with van der Waals surface area (Å²) < 4.78 is 0. The lowest BCUT2D eigenvalue weighted by Gasteiger charge is -2.19. The number of anilines is 1. The van der Waals surface area contributed by atoms with E-state index in [-0.39, 0.29) is 6.10 Å². The predicted molar refractivity (Wildman–Crippen MR) is 72.2 cm³/mol. The zero-order valence-corrected chi connectivity index (χ0v) is 11.1. The molecule has 1 aliphatic rings. The quantitative estimate of drug-likeness (QED) is 0.866. The third kappa shape index (κ3) is 2.63. The van der Waals surface area contributed by atoms with Crippen LogP contribution in [0.1, 0.15) is 38.9 Å². The van der Waals surface area contributed by atoms with Gasteiger partial charge in [-0.05, 0) is 36.0 Å². The fourth-order valence-electron chi connectivity index (χ4n) is 2.48. The topological polar surface area (TPSA) is 23.5 Å². The zero-order chi connectivity index (χ0) is 12.4. The molecule has 17 heavy (non-hydrogen) atoms. The summed E-state index contributed by atoms with van der Waals surface area (Å²) in [4.78, 5) is 2.44. The number of aliphatic hydroxyl groups is 1. The van der Waals surface area contributed by atoms with Gasteiger partial charge in [0, 0.05) is 18.8 Å². The minimum atomic E-state index is -0.319. The first-order valence-electron chi connectivity index (χ1n) is 6.64. The molecule has 1 aromatic carbocycles. The van der Waals surface area contributed by atoms with Crippen molar-refractivity contribution in [3.05, 3.63) is 29.8 Å². The molecule has 2 rings (SSSR count). The van der Waals surface area contributed by atoms with E-state index in [9.17, 15) is 5.11 Å². The van der Waals surface area contributed by atoms with Crippen molar-refractivity contribution >= 4 is 5.69 Å². The molecule has 0 spiro atoms. The van der Waals surface area contributed by atoms with Crippen molar-refractivity contribution in [2.45, 2.75) is 33.3 Å². The maximum Gasteiger partial charge on any atom is 0.0787 e. The second-order valence-electron chi connectivity index (χ2n) is 5.38. The van der Waals surface area contributed by atoms with E-state index in [1.54, 1.807) is 0 Å². The van der Waals surface area contributed by atoms with Crippen molar-refractivity contribution in [1.82, 2.24) is 0 Å². The Morgan fingerprint density at radius 2 is 1.71 bits per heavy atom. The Hall–Kier alpha value is -1.02. The fraction of sp³-hybridized carbons (Fsp3) is 0.600. The SMILES string of the molecule is CCC(O)c1ccc(N2CC(C)C(C)C2)cc1. The Labute approximate surface area is 104 Å². The van der Waals surface area contributed by atoms with Gasteiger partial charge in [0.2, 0.25) is 0 Å². The van der Waals surface area contributed by atoms with Crippen LogP contribution in [0.2, 0.25) is 0 Å². The van der Waals surface area contributed by atoms with E-state index in [2.05, 4.69) is 43.0 Å². The van der Waals surface area contributed by atoms with Crippen molar-refractivity contribution in [2.24, 2.45) is 11.8 Å². The molecule has 1 saturated heterocycles. The molecule has 0 amide bonds. The molecular formula is C15H23NO. The van der Waals surface area contributed by atoms with Crippen LogP contribution in [0.25, 0.3) is 0 Å². The summed E-state index contributed by atoms with van der Waals surface area (Å²) in [7, 11) is 0. The van der Waals surface area contributed by atoms with Gasteiger partial charge in [0.1, 0.15) is 0 Å². The Bertz CT molecular complexity index is 350. The Kier molecular flexibility index (Phi) is 3.72. The molecule has 3 atom stereocenters. The van der Waals surface area contributed by atoms with Gasteiger partial charge in [-0.3, -0.25) is 0 Å². The number of aliphatic hydroxyl groups excluding tert-OH is 1.